The number of hydrogen-bond donors (Lipinski definition) is 1. The number of rotatable bonds is 0. The molecular formula is C12H15FN2. The van der Waals surface area contributed by atoms with Crippen LogP contribution in [0.15, 0.2) is 18.2 Å². The van der Waals surface area contributed by atoms with Crippen LogP contribution in [0.2, 0.25) is 0 Å². The average molecular weight is 206 g/mol. The summed E-state index contributed by atoms with van der Waals surface area (Å²) < 4.78 is 13.2. The molecule has 2 nitrogen and oxygen atoms in total. The maximum absolute atomic E-state index is 13.2. The molecule has 0 amide bonds. The van der Waals surface area contributed by atoms with Crippen LogP contribution in [-0.2, 0) is 6.42 Å². The van der Waals surface area contributed by atoms with Gasteiger partial charge in [0.2, 0.25) is 0 Å². The SMILES string of the molecule is Fc1ccc2c(c1)C1CNCCN1CC2. The van der Waals surface area contributed by atoms with Crippen LogP contribution in [-0.4, -0.2) is 31.1 Å². The quantitative estimate of drug-likeness (QED) is 0.689. The maximum atomic E-state index is 13.2. The molecule has 15 heavy (non-hydrogen) atoms. The highest BCUT2D eigenvalue weighted by molar-refractivity contribution is 5.33. The number of nitrogens with one attached hydrogen (secondary N) is 1. The van der Waals surface area contributed by atoms with Crippen LogP contribution >= 0.6 is 0 Å². The van der Waals surface area contributed by atoms with Crippen LogP contribution in [0.25, 0.3) is 0 Å². The molecule has 1 N–H and O–H groups in total. The van der Waals surface area contributed by atoms with Crippen LogP contribution in [0.3, 0.4) is 0 Å². The Morgan fingerprint density at radius 1 is 1.33 bits per heavy atom. The molecule has 1 saturated heterocycles. The zero-order chi connectivity index (χ0) is 10.3. The largest absolute Gasteiger partial charge is 0.314 e. The van der Waals surface area contributed by atoms with Crippen molar-refractivity contribution in [3.05, 3.63) is 35.1 Å². The van der Waals surface area contributed by atoms with Gasteiger partial charge in [0.1, 0.15) is 5.82 Å². The Morgan fingerprint density at radius 2 is 2.27 bits per heavy atom. The molecule has 3 rings (SSSR count). The minimum Gasteiger partial charge on any atom is -0.314 e. The van der Waals surface area contributed by atoms with Crippen molar-refractivity contribution >= 4 is 0 Å². The van der Waals surface area contributed by atoms with Gasteiger partial charge >= 0.3 is 0 Å². The minimum atomic E-state index is -0.110. The van der Waals surface area contributed by atoms with Gasteiger partial charge in [-0.25, -0.2) is 4.39 Å². The smallest absolute Gasteiger partial charge is 0.123 e. The summed E-state index contributed by atoms with van der Waals surface area (Å²) in [5.41, 5.74) is 2.51. The molecule has 0 radical (unpaired) electrons. The molecule has 1 unspecified atom stereocenters. The first-order chi connectivity index (χ1) is 7.34. The Morgan fingerprint density at radius 3 is 3.20 bits per heavy atom. The summed E-state index contributed by atoms with van der Waals surface area (Å²) >= 11 is 0. The van der Waals surface area contributed by atoms with Crippen molar-refractivity contribution in [3.63, 3.8) is 0 Å². The fraction of sp³-hybridized carbons (Fsp3) is 0.500. The van der Waals surface area contributed by atoms with Gasteiger partial charge in [-0.15, -0.1) is 0 Å². The lowest BCUT2D eigenvalue weighted by Crippen LogP contribution is -2.48. The van der Waals surface area contributed by atoms with E-state index in [4.69, 9.17) is 0 Å². The van der Waals surface area contributed by atoms with Gasteiger partial charge in [0.05, 0.1) is 0 Å². The second-order valence-electron chi connectivity index (χ2n) is 4.35. The van der Waals surface area contributed by atoms with E-state index in [9.17, 15) is 4.39 Å². The van der Waals surface area contributed by atoms with Crippen LogP contribution in [0.4, 0.5) is 4.39 Å². The second-order valence-corrected chi connectivity index (χ2v) is 4.35. The molecule has 0 aliphatic carbocycles. The Hall–Kier alpha value is -0.930. The molecule has 2 heterocycles. The van der Waals surface area contributed by atoms with Crippen molar-refractivity contribution in [3.8, 4) is 0 Å². The highest BCUT2D eigenvalue weighted by Gasteiger charge is 2.29. The summed E-state index contributed by atoms with van der Waals surface area (Å²) in [4.78, 5) is 2.46. The predicted molar refractivity (Wildman–Crippen MR) is 57.3 cm³/mol. The van der Waals surface area contributed by atoms with Gasteiger partial charge in [0, 0.05) is 32.2 Å². The topological polar surface area (TPSA) is 15.3 Å². The summed E-state index contributed by atoms with van der Waals surface area (Å²) in [7, 11) is 0. The van der Waals surface area contributed by atoms with Gasteiger partial charge in [-0.2, -0.15) is 0 Å². The standard InChI is InChI=1S/C12H15FN2/c13-10-2-1-9-3-5-15-6-4-14-8-12(15)11(9)7-10/h1-2,7,12,14H,3-6,8H2. The van der Waals surface area contributed by atoms with Gasteiger partial charge < -0.3 is 5.32 Å². The minimum absolute atomic E-state index is 0.110. The fourth-order valence-corrected chi connectivity index (χ4v) is 2.69. The Balaban J connectivity index is 2.01. The highest BCUT2D eigenvalue weighted by Crippen LogP contribution is 2.30. The highest BCUT2D eigenvalue weighted by atomic mass is 19.1. The first kappa shape index (κ1) is 9.31. The van der Waals surface area contributed by atoms with E-state index < -0.39 is 0 Å². The van der Waals surface area contributed by atoms with Crippen molar-refractivity contribution in [1.82, 2.24) is 10.2 Å². The zero-order valence-corrected chi connectivity index (χ0v) is 8.67. The second kappa shape index (κ2) is 3.58. The molecule has 1 atom stereocenters. The molecular weight excluding hydrogens is 191 g/mol. The molecule has 1 fully saturated rings. The van der Waals surface area contributed by atoms with Crippen LogP contribution in [0.1, 0.15) is 17.2 Å². The van der Waals surface area contributed by atoms with Crippen LogP contribution < -0.4 is 5.32 Å². The van der Waals surface area contributed by atoms with Gasteiger partial charge in [-0.1, -0.05) is 6.07 Å². The summed E-state index contributed by atoms with van der Waals surface area (Å²) in [5.74, 6) is -0.110. The number of nitrogens with zero attached hydrogens (tertiary/aromatic N) is 1. The maximum Gasteiger partial charge on any atom is 0.123 e. The van der Waals surface area contributed by atoms with E-state index in [1.165, 1.54) is 11.1 Å². The Labute approximate surface area is 89.1 Å². The fourth-order valence-electron chi connectivity index (χ4n) is 2.69. The number of halogens is 1. The number of benzene rings is 1. The molecule has 3 heteroatoms. The van der Waals surface area contributed by atoms with Crippen LogP contribution in [0, 0.1) is 5.82 Å². The van der Waals surface area contributed by atoms with Crippen molar-refractivity contribution in [2.24, 2.45) is 0 Å². The summed E-state index contributed by atoms with van der Waals surface area (Å²) in [6.07, 6.45) is 1.06. The molecule has 2 aliphatic heterocycles. The summed E-state index contributed by atoms with van der Waals surface area (Å²) in [6, 6.07) is 5.61. The van der Waals surface area contributed by atoms with Crippen molar-refractivity contribution in [2.75, 3.05) is 26.2 Å². The van der Waals surface area contributed by atoms with E-state index in [1.807, 2.05) is 6.07 Å². The van der Waals surface area contributed by atoms with E-state index in [0.717, 1.165) is 32.6 Å². The predicted octanol–water partition coefficient (Wildman–Crippen LogP) is 1.33. The molecule has 0 saturated carbocycles. The molecule has 1 aromatic carbocycles. The Bertz CT molecular complexity index is 378. The van der Waals surface area contributed by atoms with E-state index in [1.54, 1.807) is 12.1 Å². The zero-order valence-electron chi connectivity index (χ0n) is 8.67. The third-order valence-corrected chi connectivity index (χ3v) is 3.49. The first-order valence-electron chi connectivity index (χ1n) is 5.58. The number of fused-ring (bicyclic) bond motifs is 3. The van der Waals surface area contributed by atoms with Gasteiger partial charge in [0.25, 0.3) is 0 Å². The van der Waals surface area contributed by atoms with Gasteiger partial charge in [0.15, 0.2) is 0 Å². The van der Waals surface area contributed by atoms with Crippen molar-refractivity contribution in [2.45, 2.75) is 12.5 Å². The molecule has 0 spiro atoms. The normalized spacial score (nSPS) is 25.8. The van der Waals surface area contributed by atoms with Gasteiger partial charge in [-0.05, 0) is 29.7 Å². The molecule has 2 aliphatic rings. The summed E-state index contributed by atoms with van der Waals surface area (Å²) in [5, 5.41) is 3.38. The Kier molecular flexibility index (Phi) is 2.22. The summed E-state index contributed by atoms with van der Waals surface area (Å²) in [6.45, 7) is 4.21. The monoisotopic (exact) mass is 206 g/mol. The molecule has 1 aromatic rings. The van der Waals surface area contributed by atoms with Gasteiger partial charge in [-0.3, -0.25) is 4.90 Å². The van der Waals surface area contributed by atoms with E-state index >= 15 is 0 Å². The van der Waals surface area contributed by atoms with E-state index in [-0.39, 0.29) is 5.82 Å². The molecule has 0 aromatic heterocycles. The van der Waals surface area contributed by atoms with E-state index in [2.05, 4.69) is 10.2 Å². The first-order valence-corrected chi connectivity index (χ1v) is 5.58. The lowest BCUT2D eigenvalue weighted by Gasteiger charge is -2.40. The lowest BCUT2D eigenvalue weighted by molar-refractivity contribution is 0.151. The lowest BCUT2D eigenvalue weighted by atomic mass is 9.91. The molecule has 0 bridgehead atoms. The molecule has 80 valence electrons. The third kappa shape index (κ3) is 1.56. The average Bonchev–Trinajstić information content (AvgIpc) is 2.29. The number of hydrogen-bond acceptors (Lipinski definition) is 2. The number of piperazine rings is 1. The van der Waals surface area contributed by atoms with E-state index in [0.29, 0.717) is 6.04 Å². The van der Waals surface area contributed by atoms with Crippen molar-refractivity contribution in [1.29, 1.82) is 0 Å². The third-order valence-electron chi connectivity index (χ3n) is 3.49. The van der Waals surface area contributed by atoms with Crippen LogP contribution in [0.5, 0.6) is 0 Å². The van der Waals surface area contributed by atoms with Crippen molar-refractivity contribution < 1.29 is 4.39 Å².